The van der Waals surface area contributed by atoms with Crippen LogP contribution in [-0.4, -0.2) is 10.3 Å². The van der Waals surface area contributed by atoms with Gasteiger partial charge in [0.05, 0.1) is 5.71 Å². The maximum atomic E-state index is 8.64. The van der Waals surface area contributed by atoms with Crippen LogP contribution in [0.1, 0.15) is 23.6 Å². The zero-order valence-corrected chi connectivity index (χ0v) is 14.0. The Morgan fingerprint density at radius 3 is 2.38 bits per heavy atom. The standard InChI is InChI=1S/C22H20N2/c1-3-24-20-11-7-6-10-18(20)19-14-16(12-13-21(19)24)22(23)17-9-5-4-8-15(17)2/h4-14,23H,3H2,1-2H3. The Balaban J connectivity index is 1.95. The number of nitrogens with zero attached hydrogens (tertiary/aromatic N) is 1. The molecule has 2 nitrogen and oxygen atoms in total. The molecule has 24 heavy (non-hydrogen) atoms. The highest BCUT2D eigenvalue weighted by molar-refractivity contribution is 6.16. The topological polar surface area (TPSA) is 28.8 Å². The molecule has 0 aliphatic carbocycles. The molecular weight excluding hydrogens is 292 g/mol. The van der Waals surface area contributed by atoms with Crippen molar-refractivity contribution in [3.63, 3.8) is 0 Å². The van der Waals surface area contributed by atoms with E-state index in [9.17, 15) is 0 Å². The van der Waals surface area contributed by atoms with E-state index in [0.717, 1.165) is 23.2 Å². The Labute approximate surface area is 141 Å². The molecule has 0 fully saturated rings. The predicted molar refractivity (Wildman–Crippen MR) is 102 cm³/mol. The largest absolute Gasteiger partial charge is 0.341 e. The van der Waals surface area contributed by atoms with Crippen LogP contribution in [0.3, 0.4) is 0 Å². The summed E-state index contributed by atoms with van der Waals surface area (Å²) in [4.78, 5) is 0. The third-order valence-electron chi connectivity index (χ3n) is 4.79. The van der Waals surface area contributed by atoms with Gasteiger partial charge in [-0.2, -0.15) is 0 Å². The molecule has 0 aliphatic heterocycles. The van der Waals surface area contributed by atoms with Gasteiger partial charge in [-0.05, 0) is 37.6 Å². The normalized spacial score (nSPS) is 11.2. The monoisotopic (exact) mass is 312 g/mol. The molecule has 0 amide bonds. The zero-order chi connectivity index (χ0) is 16.7. The van der Waals surface area contributed by atoms with E-state index >= 15 is 0 Å². The first-order valence-electron chi connectivity index (χ1n) is 8.36. The minimum Gasteiger partial charge on any atom is -0.341 e. The second kappa shape index (κ2) is 5.64. The molecule has 3 aromatic carbocycles. The van der Waals surface area contributed by atoms with E-state index in [4.69, 9.17) is 5.41 Å². The van der Waals surface area contributed by atoms with Crippen LogP contribution in [0.4, 0.5) is 0 Å². The molecule has 0 spiro atoms. The lowest BCUT2D eigenvalue weighted by Crippen LogP contribution is -2.03. The summed E-state index contributed by atoms with van der Waals surface area (Å²) in [6.07, 6.45) is 0. The average Bonchev–Trinajstić information content (AvgIpc) is 2.94. The lowest BCUT2D eigenvalue weighted by molar-refractivity contribution is 0.827. The molecule has 0 bridgehead atoms. The van der Waals surface area contributed by atoms with Gasteiger partial charge in [0.15, 0.2) is 0 Å². The number of fused-ring (bicyclic) bond motifs is 3. The highest BCUT2D eigenvalue weighted by atomic mass is 15.0. The van der Waals surface area contributed by atoms with E-state index in [1.165, 1.54) is 21.8 Å². The maximum absolute atomic E-state index is 8.64. The smallest absolute Gasteiger partial charge is 0.0687 e. The van der Waals surface area contributed by atoms with Crippen LogP contribution < -0.4 is 0 Å². The number of aromatic nitrogens is 1. The number of benzene rings is 3. The molecule has 1 heterocycles. The van der Waals surface area contributed by atoms with Crippen LogP contribution in [0.25, 0.3) is 21.8 Å². The van der Waals surface area contributed by atoms with E-state index < -0.39 is 0 Å². The lowest BCUT2D eigenvalue weighted by atomic mass is 9.97. The van der Waals surface area contributed by atoms with Crippen molar-refractivity contribution in [3.8, 4) is 0 Å². The summed E-state index contributed by atoms with van der Waals surface area (Å²) in [6.45, 7) is 5.18. The summed E-state index contributed by atoms with van der Waals surface area (Å²) in [5.41, 5.74) is 6.18. The van der Waals surface area contributed by atoms with E-state index in [1.54, 1.807) is 0 Å². The molecule has 118 valence electrons. The van der Waals surface area contributed by atoms with Crippen LogP contribution in [-0.2, 0) is 6.54 Å². The van der Waals surface area contributed by atoms with Crippen molar-refractivity contribution in [2.75, 3.05) is 0 Å². The van der Waals surface area contributed by atoms with Crippen LogP contribution in [0, 0.1) is 12.3 Å². The van der Waals surface area contributed by atoms with E-state index in [2.05, 4.69) is 66.9 Å². The van der Waals surface area contributed by atoms with Gasteiger partial charge in [-0.1, -0.05) is 48.5 Å². The molecule has 0 saturated carbocycles. The number of nitrogens with one attached hydrogen (secondary N) is 1. The average molecular weight is 312 g/mol. The fourth-order valence-electron chi connectivity index (χ4n) is 3.56. The maximum Gasteiger partial charge on any atom is 0.0687 e. The number of rotatable bonds is 3. The van der Waals surface area contributed by atoms with E-state index in [1.807, 2.05) is 18.2 Å². The summed E-state index contributed by atoms with van der Waals surface area (Å²) in [5.74, 6) is 0. The fourth-order valence-corrected chi connectivity index (χ4v) is 3.56. The quantitative estimate of drug-likeness (QED) is 0.481. The van der Waals surface area contributed by atoms with Crippen molar-refractivity contribution >= 4 is 27.5 Å². The number of para-hydroxylation sites is 1. The van der Waals surface area contributed by atoms with Gasteiger partial charge >= 0.3 is 0 Å². The molecule has 0 unspecified atom stereocenters. The van der Waals surface area contributed by atoms with Crippen molar-refractivity contribution in [3.05, 3.63) is 83.4 Å². The number of hydrogen-bond acceptors (Lipinski definition) is 1. The van der Waals surface area contributed by atoms with Crippen molar-refractivity contribution in [1.29, 1.82) is 5.41 Å². The van der Waals surface area contributed by atoms with Gasteiger partial charge in [0.1, 0.15) is 0 Å². The van der Waals surface area contributed by atoms with Crippen molar-refractivity contribution < 1.29 is 0 Å². The number of hydrogen-bond donors (Lipinski definition) is 1. The van der Waals surface area contributed by atoms with Crippen LogP contribution in [0.5, 0.6) is 0 Å². The molecule has 1 aromatic heterocycles. The minimum absolute atomic E-state index is 0.586. The van der Waals surface area contributed by atoms with Gasteiger partial charge < -0.3 is 4.57 Å². The Morgan fingerprint density at radius 2 is 1.58 bits per heavy atom. The van der Waals surface area contributed by atoms with Gasteiger partial charge in [-0.3, -0.25) is 5.41 Å². The second-order valence-corrected chi connectivity index (χ2v) is 6.18. The van der Waals surface area contributed by atoms with Gasteiger partial charge in [0, 0.05) is 39.5 Å². The predicted octanol–water partition coefficient (Wildman–Crippen LogP) is 5.54. The Hall–Kier alpha value is -2.87. The molecule has 4 rings (SSSR count). The summed E-state index contributed by atoms with van der Waals surface area (Å²) < 4.78 is 2.34. The summed E-state index contributed by atoms with van der Waals surface area (Å²) in [6, 6.07) is 23.0. The van der Waals surface area contributed by atoms with E-state index in [-0.39, 0.29) is 0 Å². The molecule has 0 saturated heterocycles. The van der Waals surface area contributed by atoms with Gasteiger partial charge in [-0.15, -0.1) is 0 Å². The summed E-state index contributed by atoms with van der Waals surface area (Å²) >= 11 is 0. The Morgan fingerprint density at radius 1 is 0.875 bits per heavy atom. The van der Waals surface area contributed by atoms with Crippen LogP contribution >= 0.6 is 0 Å². The lowest BCUT2D eigenvalue weighted by Gasteiger charge is -2.09. The molecule has 2 heteroatoms. The van der Waals surface area contributed by atoms with E-state index in [0.29, 0.717) is 5.71 Å². The Bertz CT molecular complexity index is 1070. The fraction of sp³-hybridized carbons (Fsp3) is 0.136. The first-order valence-corrected chi connectivity index (χ1v) is 8.36. The van der Waals surface area contributed by atoms with Crippen molar-refractivity contribution in [2.45, 2.75) is 20.4 Å². The zero-order valence-electron chi connectivity index (χ0n) is 14.0. The Kier molecular flexibility index (Phi) is 3.46. The third kappa shape index (κ3) is 2.15. The van der Waals surface area contributed by atoms with Crippen LogP contribution in [0.15, 0.2) is 66.7 Å². The number of aryl methyl sites for hydroxylation is 2. The van der Waals surface area contributed by atoms with Gasteiger partial charge in [-0.25, -0.2) is 0 Å². The molecule has 1 N–H and O–H groups in total. The highest BCUT2D eigenvalue weighted by Crippen LogP contribution is 2.30. The summed E-state index contributed by atoms with van der Waals surface area (Å²) in [7, 11) is 0. The molecule has 4 aromatic rings. The molecule has 0 radical (unpaired) electrons. The molecule has 0 aliphatic rings. The first-order chi connectivity index (χ1) is 11.7. The highest BCUT2D eigenvalue weighted by Gasteiger charge is 2.12. The van der Waals surface area contributed by atoms with Gasteiger partial charge in [0.25, 0.3) is 0 Å². The van der Waals surface area contributed by atoms with Gasteiger partial charge in [0.2, 0.25) is 0 Å². The SMILES string of the molecule is CCn1c2ccccc2c2cc(C(=N)c3ccccc3C)ccc21. The van der Waals surface area contributed by atoms with Crippen LogP contribution in [0.2, 0.25) is 0 Å². The molecule has 0 atom stereocenters. The minimum atomic E-state index is 0.586. The summed E-state index contributed by atoms with van der Waals surface area (Å²) in [5, 5.41) is 11.1. The van der Waals surface area contributed by atoms with Crippen molar-refractivity contribution in [2.24, 2.45) is 0 Å². The first kappa shape index (κ1) is 14.7. The van der Waals surface area contributed by atoms with Crippen molar-refractivity contribution in [1.82, 2.24) is 4.57 Å². The molecular formula is C22H20N2. The second-order valence-electron chi connectivity index (χ2n) is 6.18. The third-order valence-corrected chi connectivity index (χ3v) is 4.79.